The number of hydrogen-bond acceptors (Lipinski definition) is 4. The normalized spacial score (nSPS) is 12.0. The first-order chi connectivity index (χ1) is 9.88. The first-order valence-corrected chi connectivity index (χ1v) is 7.08. The lowest BCUT2D eigenvalue weighted by molar-refractivity contribution is -0.384. The van der Waals surface area contributed by atoms with Crippen molar-refractivity contribution in [1.29, 1.82) is 0 Å². The quantitative estimate of drug-likeness (QED) is 0.649. The van der Waals surface area contributed by atoms with Crippen molar-refractivity contribution in [2.75, 3.05) is 0 Å². The van der Waals surface area contributed by atoms with E-state index in [4.69, 9.17) is 4.74 Å². The maximum absolute atomic E-state index is 10.8. The van der Waals surface area contributed by atoms with E-state index in [1.807, 2.05) is 0 Å². The highest BCUT2D eigenvalue weighted by Gasteiger charge is 2.14. The topological polar surface area (TPSA) is 72.6 Å². The van der Waals surface area contributed by atoms with Gasteiger partial charge in [-0.3, -0.25) is 10.1 Å². The number of aliphatic hydroxyl groups excluding tert-OH is 1. The lowest BCUT2D eigenvalue weighted by Gasteiger charge is -2.15. The highest BCUT2D eigenvalue weighted by molar-refractivity contribution is 9.10. The largest absolute Gasteiger partial charge is 0.456 e. The van der Waals surface area contributed by atoms with Crippen LogP contribution in [0.3, 0.4) is 0 Å². The van der Waals surface area contributed by atoms with Crippen LogP contribution < -0.4 is 4.74 Å². The monoisotopic (exact) mass is 351 g/mol. The number of nitro groups is 1. The molecule has 1 unspecified atom stereocenters. The van der Waals surface area contributed by atoms with Crippen molar-refractivity contribution in [3.8, 4) is 11.5 Å². The minimum atomic E-state index is -0.702. The van der Waals surface area contributed by atoms with Crippen LogP contribution in [-0.4, -0.2) is 10.0 Å². The van der Waals surface area contributed by atoms with Gasteiger partial charge in [-0.05, 0) is 37.6 Å². The van der Waals surface area contributed by atoms with Crippen LogP contribution in [0.15, 0.2) is 40.9 Å². The van der Waals surface area contributed by atoms with E-state index in [2.05, 4.69) is 15.9 Å². The first kappa shape index (κ1) is 15.5. The lowest BCUT2D eigenvalue weighted by atomic mass is 10.1. The Balaban J connectivity index is 2.44. The number of benzene rings is 2. The van der Waals surface area contributed by atoms with E-state index >= 15 is 0 Å². The Labute approximate surface area is 130 Å². The predicted octanol–water partition coefficient (Wildman–Crippen LogP) is 4.51. The summed E-state index contributed by atoms with van der Waals surface area (Å²) in [6.45, 7) is 3.44. The summed E-state index contributed by atoms with van der Waals surface area (Å²) in [6.07, 6.45) is -0.702. The molecule has 0 saturated heterocycles. The Morgan fingerprint density at radius 3 is 2.57 bits per heavy atom. The van der Waals surface area contributed by atoms with Crippen molar-refractivity contribution in [3.63, 3.8) is 0 Å². The van der Waals surface area contributed by atoms with E-state index < -0.39 is 11.0 Å². The number of aliphatic hydroxyl groups is 1. The molecular weight excluding hydrogens is 338 g/mol. The number of nitro benzene ring substituents is 1. The summed E-state index contributed by atoms with van der Waals surface area (Å²) in [7, 11) is 0. The number of rotatable bonds is 4. The number of aryl methyl sites for hydroxylation is 1. The summed E-state index contributed by atoms with van der Waals surface area (Å²) in [6, 6.07) is 9.71. The number of halogens is 1. The molecule has 0 radical (unpaired) electrons. The van der Waals surface area contributed by atoms with Crippen molar-refractivity contribution in [1.82, 2.24) is 0 Å². The molecule has 0 spiro atoms. The summed E-state index contributed by atoms with van der Waals surface area (Å²) in [5.74, 6) is 0.854. The van der Waals surface area contributed by atoms with Gasteiger partial charge < -0.3 is 9.84 Å². The zero-order valence-corrected chi connectivity index (χ0v) is 13.1. The average molecular weight is 352 g/mol. The molecule has 0 aliphatic heterocycles. The number of hydrogen-bond donors (Lipinski definition) is 1. The standard InChI is InChI=1S/C15H14BrNO4/c1-9-3-5-12(17(19)20)8-14(9)21-15-7-11(16)4-6-13(15)10(2)18/h3-8,10,18H,1-2H3. The van der Waals surface area contributed by atoms with Crippen molar-refractivity contribution < 1.29 is 14.8 Å². The third kappa shape index (κ3) is 3.59. The fourth-order valence-corrected chi connectivity index (χ4v) is 2.21. The predicted molar refractivity (Wildman–Crippen MR) is 82.7 cm³/mol. The maximum Gasteiger partial charge on any atom is 0.273 e. The highest BCUT2D eigenvalue weighted by Crippen LogP contribution is 2.35. The van der Waals surface area contributed by atoms with Crippen molar-refractivity contribution in [3.05, 3.63) is 62.1 Å². The summed E-state index contributed by atoms with van der Waals surface area (Å²) >= 11 is 3.35. The molecule has 0 saturated carbocycles. The molecule has 5 nitrogen and oxygen atoms in total. The molecule has 2 rings (SSSR count). The van der Waals surface area contributed by atoms with Crippen LogP contribution in [0.4, 0.5) is 5.69 Å². The average Bonchev–Trinajstić information content (AvgIpc) is 2.40. The second-order valence-electron chi connectivity index (χ2n) is 4.67. The van der Waals surface area contributed by atoms with Crippen LogP contribution in [0.2, 0.25) is 0 Å². The Bertz CT molecular complexity index is 685. The van der Waals surface area contributed by atoms with Gasteiger partial charge in [-0.25, -0.2) is 0 Å². The molecule has 1 N–H and O–H groups in total. The fraction of sp³-hybridized carbons (Fsp3) is 0.200. The van der Waals surface area contributed by atoms with Crippen LogP contribution in [0, 0.1) is 17.0 Å². The smallest absolute Gasteiger partial charge is 0.273 e. The summed E-state index contributed by atoms with van der Waals surface area (Å²) < 4.78 is 6.58. The molecule has 0 bridgehead atoms. The van der Waals surface area contributed by atoms with Gasteiger partial charge in [-0.15, -0.1) is 0 Å². The third-order valence-corrected chi connectivity index (χ3v) is 3.52. The highest BCUT2D eigenvalue weighted by atomic mass is 79.9. The Morgan fingerprint density at radius 1 is 1.24 bits per heavy atom. The minimum absolute atomic E-state index is 0.0378. The third-order valence-electron chi connectivity index (χ3n) is 3.03. The zero-order chi connectivity index (χ0) is 15.6. The van der Waals surface area contributed by atoms with Crippen molar-refractivity contribution >= 4 is 21.6 Å². The SMILES string of the molecule is Cc1ccc([N+](=O)[O-])cc1Oc1cc(Br)ccc1C(C)O. The van der Waals surface area contributed by atoms with E-state index in [0.29, 0.717) is 17.1 Å². The minimum Gasteiger partial charge on any atom is -0.456 e. The maximum atomic E-state index is 10.8. The molecule has 6 heteroatoms. The van der Waals surface area contributed by atoms with Gasteiger partial charge in [0.1, 0.15) is 11.5 Å². The number of non-ortho nitro benzene ring substituents is 1. The molecule has 0 aliphatic rings. The van der Waals surface area contributed by atoms with Crippen molar-refractivity contribution in [2.24, 2.45) is 0 Å². The Morgan fingerprint density at radius 2 is 1.95 bits per heavy atom. The van der Waals surface area contributed by atoms with Gasteiger partial charge in [0, 0.05) is 16.1 Å². The number of ether oxygens (including phenoxy) is 1. The second kappa shape index (κ2) is 6.24. The van der Waals surface area contributed by atoms with Gasteiger partial charge in [0.2, 0.25) is 0 Å². The molecule has 2 aromatic rings. The van der Waals surface area contributed by atoms with Gasteiger partial charge in [0.15, 0.2) is 0 Å². The molecule has 2 aromatic carbocycles. The molecule has 1 atom stereocenters. The number of nitrogens with zero attached hydrogens (tertiary/aromatic N) is 1. The molecular formula is C15H14BrNO4. The lowest BCUT2D eigenvalue weighted by Crippen LogP contribution is -1.98. The van der Waals surface area contributed by atoms with Crippen LogP contribution in [-0.2, 0) is 0 Å². The zero-order valence-electron chi connectivity index (χ0n) is 11.5. The van der Waals surface area contributed by atoms with Crippen LogP contribution in [0.1, 0.15) is 24.2 Å². The van der Waals surface area contributed by atoms with Crippen LogP contribution in [0.5, 0.6) is 11.5 Å². The van der Waals surface area contributed by atoms with E-state index in [9.17, 15) is 15.2 Å². The fourth-order valence-electron chi connectivity index (χ4n) is 1.87. The second-order valence-corrected chi connectivity index (χ2v) is 5.58. The molecule has 21 heavy (non-hydrogen) atoms. The van der Waals surface area contributed by atoms with Crippen molar-refractivity contribution in [2.45, 2.75) is 20.0 Å². The Hall–Kier alpha value is -1.92. The molecule has 110 valence electrons. The van der Waals surface area contributed by atoms with Crippen LogP contribution in [0.25, 0.3) is 0 Å². The summed E-state index contributed by atoms with van der Waals surface area (Å²) in [5.41, 5.74) is 1.35. The molecule has 0 fully saturated rings. The van der Waals surface area contributed by atoms with Gasteiger partial charge in [0.25, 0.3) is 5.69 Å². The van der Waals surface area contributed by atoms with E-state index in [0.717, 1.165) is 10.0 Å². The molecule has 0 aromatic heterocycles. The first-order valence-electron chi connectivity index (χ1n) is 6.29. The van der Waals surface area contributed by atoms with Crippen LogP contribution >= 0.6 is 15.9 Å². The molecule has 0 heterocycles. The molecule has 0 amide bonds. The summed E-state index contributed by atoms with van der Waals surface area (Å²) in [5, 5.41) is 20.6. The van der Waals surface area contributed by atoms with Gasteiger partial charge in [-0.1, -0.05) is 22.0 Å². The van der Waals surface area contributed by atoms with Gasteiger partial charge in [-0.2, -0.15) is 0 Å². The van der Waals surface area contributed by atoms with E-state index in [1.165, 1.54) is 12.1 Å². The summed E-state index contributed by atoms with van der Waals surface area (Å²) in [4.78, 5) is 10.4. The Kier molecular flexibility index (Phi) is 4.59. The van der Waals surface area contributed by atoms with Gasteiger partial charge in [0.05, 0.1) is 17.1 Å². The van der Waals surface area contributed by atoms with E-state index in [1.54, 1.807) is 38.1 Å². The molecule has 0 aliphatic carbocycles. The van der Waals surface area contributed by atoms with Gasteiger partial charge >= 0.3 is 0 Å². The van der Waals surface area contributed by atoms with E-state index in [-0.39, 0.29) is 5.69 Å².